The van der Waals surface area contributed by atoms with E-state index in [4.69, 9.17) is 42.6 Å². The van der Waals surface area contributed by atoms with Gasteiger partial charge in [-0.1, -0.05) is 71.1 Å². The fourth-order valence-corrected chi connectivity index (χ4v) is 12.1. The number of carbonyl (C=O) groups is 5. The standard InChI is InChI=1S/C56H90NO17P/c1-35-17-13-12-14-18-36(2)47(67-8)33-43-22-20-41(7)56(65,73-43)53(62)54(63)57-24-16-15-19-44(57)55(64)72-48(34-45(59)37(3)30-40(6)51(61)52(69-10)50(60)39(5)29-35)38(4)31-42-21-23-46(49(32-42)68-9)74-75(11,66)71-28-27-70-26-25-58/h12-14,17-18,30,35,37-39,41-44,46-49,51-52,58,61,65H,15-16,19-29,31-34H2,1-11H3/b14-12+,17-13+,36-18+,40-30+/t35-,37-,38-,39-,41-,42+,43+,44+,46-,47+,48?,49-,51-,52+,56-,75?/m1/s1. The van der Waals surface area contributed by atoms with Crippen LogP contribution in [0, 0.1) is 35.5 Å². The monoisotopic (exact) mass is 1080 g/mol. The van der Waals surface area contributed by atoms with Gasteiger partial charge in [0.1, 0.15) is 30.1 Å². The molecule has 1 aliphatic carbocycles. The highest BCUT2D eigenvalue weighted by Gasteiger charge is 2.53. The van der Waals surface area contributed by atoms with Crippen LogP contribution in [0.1, 0.15) is 126 Å². The number of Topliss-reactive ketones (excluding diaryl/α,β-unsaturated/α-hetero) is 3. The second-order valence-corrected chi connectivity index (χ2v) is 23.6. The van der Waals surface area contributed by atoms with Crippen molar-refractivity contribution >= 4 is 36.8 Å². The lowest BCUT2D eigenvalue weighted by Gasteiger charge is -2.42. The third-order valence-electron chi connectivity index (χ3n) is 15.6. The quantitative estimate of drug-likeness (QED) is 0.0519. The van der Waals surface area contributed by atoms with Crippen molar-refractivity contribution in [2.45, 2.75) is 180 Å². The van der Waals surface area contributed by atoms with Gasteiger partial charge in [-0.15, -0.1) is 0 Å². The van der Waals surface area contributed by atoms with Crippen molar-refractivity contribution in [2.75, 3.05) is 61.0 Å². The number of esters is 1. The summed E-state index contributed by atoms with van der Waals surface area (Å²) in [5.74, 6) is -8.47. The van der Waals surface area contributed by atoms with Crippen molar-refractivity contribution in [2.24, 2.45) is 35.5 Å². The summed E-state index contributed by atoms with van der Waals surface area (Å²) in [5.41, 5.74) is 1.22. The van der Waals surface area contributed by atoms with Crippen LogP contribution in [-0.4, -0.2) is 165 Å². The Morgan fingerprint density at radius 1 is 0.853 bits per heavy atom. The summed E-state index contributed by atoms with van der Waals surface area (Å²) in [5, 5.41) is 32.5. The third kappa shape index (κ3) is 18.7. The van der Waals surface area contributed by atoms with Crippen molar-refractivity contribution in [1.82, 2.24) is 4.90 Å². The molecule has 4 aliphatic rings. The first-order valence-electron chi connectivity index (χ1n) is 27.1. The molecule has 0 aromatic carbocycles. The van der Waals surface area contributed by atoms with Gasteiger partial charge in [-0.3, -0.25) is 23.7 Å². The first kappa shape index (κ1) is 64.3. The van der Waals surface area contributed by atoms with E-state index in [1.807, 2.05) is 51.2 Å². The summed E-state index contributed by atoms with van der Waals surface area (Å²) in [4.78, 5) is 72.6. The second kappa shape index (κ2) is 30.8. The topological polar surface area (TPSA) is 240 Å². The molecule has 2 bridgehead atoms. The van der Waals surface area contributed by atoms with Crippen LogP contribution in [0.5, 0.6) is 0 Å². The molecule has 3 heterocycles. The zero-order valence-corrected chi connectivity index (χ0v) is 47.4. The number of carbonyl (C=O) groups excluding carboxylic acids is 5. The number of fused-ring (bicyclic) bond motifs is 3. The van der Waals surface area contributed by atoms with E-state index in [1.165, 1.54) is 18.7 Å². The van der Waals surface area contributed by atoms with Crippen LogP contribution in [0.25, 0.3) is 0 Å². The Hall–Kier alpha value is -3.26. The molecule has 426 valence electrons. The number of hydrogen-bond donors (Lipinski definition) is 3. The van der Waals surface area contributed by atoms with Gasteiger partial charge < -0.3 is 57.7 Å². The summed E-state index contributed by atoms with van der Waals surface area (Å²) >= 11 is 0. The minimum Gasteiger partial charge on any atom is -0.460 e. The summed E-state index contributed by atoms with van der Waals surface area (Å²) in [7, 11) is 0.977. The van der Waals surface area contributed by atoms with Crippen LogP contribution in [-0.2, 0) is 66.0 Å². The van der Waals surface area contributed by atoms with Gasteiger partial charge in [0.25, 0.3) is 11.7 Å². The number of cyclic esters (lactones) is 1. The zero-order chi connectivity index (χ0) is 55.6. The summed E-state index contributed by atoms with van der Waals surface area (Å²) in [6, 6.07) is -1.19. The van der Waals surface area contributed by atoms with Gasteiger partial charge in [-0.25, -0.2) is 4.79 Å². The molecule has 3 N–H and O–H groups in total. The third-order valence-corrected chi connectivity index (χ3v) is 16.9. The van der Waals surface area contributed by atoms with Gasteiger partial charge in [0.05, 0.1) is 50.8 Å². The summed E-state index contributed by atoms with van der Waals surface area (Å²) in [6.07, 6.45) is 10.3. The van der Waals surface area contributed by atoms with Gasteiger partial charge >= 0.3 is 13.6 Å². The van der Waals surface area contributed by atoms with Crippen molar-refractivity contribution in [3.63, 3.8) is 0 Å². The van der Waals surface area contributed by atoms with Gasteiger partial charge in [-0.05, 0) is 107 Å². The normalized spacial score (nSPS) is 37.5. The Morgan fingerprint density at radius 3 is 2.27 bits per heavy atom. The fourth-order valence-electron chi connectivity index (χ4n) is 10.9. The first-order valence-corrected chi connectivity index (χ1v) is 29.1. The lowest BCUT2D eigenvalue weighted by atomic mass is 9.78. The van der Waals surface area contributed by atoms with Crippen LogP contribution in [0.3, 0.4) is 0 Å². The van der Waals surface area contributed by atoms with Gasteiger partial charge in [-0.2, -0.15) is 0 Å². The highest BCUT2D eigenvalue weighted by atomic mass is 31.2. The molecule has 0 aromatic heterocycles. The van der Waals surface area contributed by atoms with Gasteiger partial charge in [0, 0.05) is 65.1 Å². The number of allylic oxidation sites excluding steroid dienone is 6. The maximum atomic E-state index is 14.6. The molecule has 2 unspecified atom stereocenters. The molecule has 2 saturated heterocycles. The maximum Gasteiger partial charge on any atom is 0.329 e. The molecule has 75 heavy (non-hydrogen) atoms. The molecule has 18 nitrogen and oxygen atoms in total. The predicted molar refractivity (Wildman–Crippen MR) is 281 cm³/mol. The van der Waals surface area contributed by atoms with E-state index in [2.05, 4.69) is 0 Å². The smallest absolute Gasteiger partial charge is 0.329 e. The van der Waals surface area contributed by atoms with Crippen LogP contribution in [0.4, 0.5) is 0 Å². The molecule has 0 aromatic rings. The van der Waals surface area contributed by atoms with E-state index in [-0.39, 0.29) is 69.2 Å². The Balaban J connectivity index is 1.66. The van der Waals surface area contributed by atoms with Crippen molar-refractivity contribution < 1.29 is 81.3 Å². The molecular weight excluding hydrogens is 990 g/mol. The highest BCUT2D eigenvalue weighted by molar-refractivity contribution is 7.53. The predicted octanol–water partition coefficient (Wildman–Crippen LogP) is 7.05. The molecule has 19 heteroatoms. The minimum absolute atomic E-state index is 0.000234. The Labute approximate surface area is 445 Å². The number of piperidine rings is 1. The molecule has 16 atom stereocenters. The van der Waals surface area contributed by atoms with E-state index in [9.17, 15) is 38.8 Å². The van der Waals surface area contributed by atoms with E-state index in [0.29, 0.717) is 69.8 Å². The van der Waals surface area contributed by atoms with Crippen LogP contribution < -0.4 is 0 Å². The average molecular weight is 1080 g/mol. The highest BCUT2D eigenvalue weighted by Crippen LogP contribution is 2.48. The van der Waals surface area contributed by atoms with Crippen LogP contribution >= 0.6 is 7.60 Å². The SMILES string of the molecule is CO[C@H]1C[C@@H]2CC[C@@H](C)[C@@](O)(O2)C(=O)C(=O)N2CCCC[C@H]2C(=O)OC([C@H](C)C[C@@H]2CC[C@@H](OP(C)(=O)OCCOCCO)[C@H](OC)C2)CC(=O)[C@H](C)/C=C(\C)[C@@H](O)[C@@H](OC)C(=O)[C@H](C)C[C@H](C)/C=C/C=C/C=C/1C. The van der Waals surface area contributed by atoms with E-state index in [0.717, 1.165) is 5.57 Å². The molecule has 0 spiro atoms. The lowest BCUT2D eigenvalue weighted by Crippen LogP contribution is -2.61. The van der Waals surface area contributed by atoms with Crippen molar-refractivity contribution in [1.29, 1.82) is 0 Å². The molecule has 3 fully saturated rings. The van der Waals surface area contributed by atoms with Gasteiger partial charge in [0.2, 0.25) is 5.79 Å². The van der Waals surface area contributed by atoms with Crippen molar-refractivity contribution in [3.05, 3.63) is 47.6 Å². The van der Waals surface area contributed by atoms with Crippen molar-refractivity contribution in [3.8, 4) is 0 Å². The minimum atomic E-state index is -3.51. The molecule has 1 amide bonds. The largest absolute Gasteiger partial charge is 0.460 e. The Bertz CT molecular complexity index is 2060. The molecule has 1 saturated carbocycles. The summed E-state index contributed by atoms with van der Waals surface area (Å²) in [6.45, 7) is 14.1. The number of ketones is 3. The number of nitrogens with zero attached hydrogens (tertiary/aromatic N) is 1. The number of amides is 1. The fraction of sp³-hybridized carbons (Fsp3) is 0.768. The lowest BCUT2D eigenvalue weighted by molar-refractivity contribution is -0.265. The van der Waals surface area contributed by atoms with E-state index in [1.54, 1.807) is 48.0 Å². The van der Waals surface area contributed by atoms with Gasteiger partial charge in [0.15, 0.2) is 5.78 Å². The number of hydrogen-bond acceptors (Lipinski definition) is 17. The Morgan fingerprint density at radius 2 is 1.59 bits per heavy atom. The number of ether oxygens (including phenoxy) is 6. The first-order chi connectivity index (χ1) is 35.5. The molecule has 4 rings (SSSR count). The number of aliphatic hydroxyl groups excluding tert-OH is 2. The number of aliphatic hydroxyl groups is 3. The van der Waals surface area contributed by atoms with E-state index < -0.39 is 103 Å². The average Bonchev–Trinajstić information content (AvgIpc) is 3.37. The van der Waals surface area contributed by atoms with E-state index >= 15 is 0 Å². The van der Waals surface area contributed by atoms with Crippen LogP contribution in [0.2, 0.25) is 0 Å². The van der Waals surface area contributed by atoms with Crippen LogP contribution in [0.15, 0.2) is 47.6 Å². The second-order valence-electron chi connectivity index (χ2n) is 21.6. The zero-order valence-electron chi connectivity index (χ0n) is 46.5. The number of rotatable bonds is 14. The maximum absolute atomic E-state index is 14.6. The number of methoxy groups -OCH3 is 3. The molecule has 3 aliphatic heterocycles. The molecular formula is C56H90NO17P. The molecule has 0 radical (unpaired) electrons. The summed E-state index contributed by atoms with van der Waals surface area (Å²) < 4.78 is 59.8. The Kier molecular flexibility index (Phi) is 26.4.